The van der Waals surface area contributed by atoms with Gasteiger partial charge in [-0.3, -0.25) is 19.0 Å². The average molecular weight is 573 g/mol. The lowest BCUT2D eigenvalue weighted by Crippen LogP contribution is -2.43. The van der Waals surface area contributed by atoms with Crippen LogP contribution in [0.15, 0.2) is 58.1 Å². The molecule has 0 atom stereocenters. The number of imidazole rings is 1. The van der Waals surface area contributed by atoms with Gasteiger partial charge in [-0.25, -0.2) is 14.3 Å². The molecular weight excluding hydrogens is 544 g/mol. The van der Waals surface area contributed by atoms with Crippen LogP contribution in [0.25, 0.3) is 33.7 Å². The van der Waals surface area contributed by atoms with Gasteiger partial charge in [0.2, 0.25) is 5.82 Å². The van der Waals surface area contributed by atoms with Gasteiger partial charge in [-0.2, -0.15) is 5.21 Å². The van der Waals surface area contributed by atoms with Gasteiger partial charge in [0.1, 0.15) is 18.9 Å². The predicted octanol–water partition coefficient (Wildman–Crippen LogP) is 1.72. The Morgan fingerprint density at radius 3 is 2.12 bits per heavy atom. The van der Waals surface area contributed by atoms with Crippen LogP contribution in [0.3, 0.4) is 0 Å². The van der Waals surface area contributed by atoms with Crippen LogP contribution >= 0.6 is 0 Å². The molecule has 0 aliphatic carbocycles. The fourth-order valence-corrected chi connectivity index (χ4v) is 4.76. The van der Waals surface area contributed by atoms with E-state index in [1.54, 1.807) is 4.57 Å². The summed E-state index contributed by atoms with van der Waals surface area (Å²) in [7, 11) is 2.35. The first-order chi connectivity index (χ1) is 20.2. The zero-order valence-electron chi connectivity index (χ0n) is 23.4. The number of ether oxygens (including phenoxy) is 2. The van der Waals surface area contributed by atoms with Gasteiger partial charge in [-0.1, -0.05) is 62.4 Å². The molecule has 0 radical (unpaired) electrons. The molecule has 2 aromatic carbocycles. The van der Waals surface area contributed by atoms with Gasteiger partial charge in [0.25, 0.3) is 5.56 Å². The number of methoxy groups -OCH3 is 2. The normalized spacial score (nSPS) is 11.3. The number of esters is 2. The highest BCUT2D eigenvalue weighted by Crippen LogP contribution is 2.30. The molecule has 0 amide bonds. The summed E-state index contributed by atoms with van der Waals surface area (Å²) in [5.41, 5.74) is 2.03. The van der Waals surface area contributed by atoms with Crippen LogP contribution in [0.4, 0.5) is 0 Å². The second-order valence-corrected chi connectivity index (χ2v) is 9.77. The Balaban J connectivity index is 1.63. The van der Waals surface area contributed by atoms with Crippen molar-refractivity contribution in [3.05, 3.63) is 80.8 Å². The number of nitrogens with zero attached hydrogens (tertiary/aromatic N) is 7. The summed E-state index contributed by atoms with van der Waals surface area (Å²) in [5.74, 6) is -0.637. The van der Waals surface area contributed by atoms with Crippen LogP contribution in [0.1, 0.15) is 31.2 Å². The number of aromatic nitrogens is 8. The van der Waals surface area contributed by atoms with Crippen LogP contribution in [0.2, 0.25) is 0 Å². The molecule has 5 rings (SSSR count). The Labute approximate surface area is 238 Å². The Hall–Kier alpha value is -5.40. The highest BCUT2D eigenvalue weighted by atomic mass is 16.5. The smallest absolute Gasteiger partial charge is 0.333 e. The Kier molecular flexibility index (Phi) is 7.78. The van der Waals surface area contributed by atoms with Crippen molar-refractivity contribution in [1.82, 2.24) is 39.3 Å². The molecule has 0 bridgehead atoms. The van der Waals surface area contributed by atoms with E-state index in [1.807, 2.05) is 62.4 Å². The van der Waals surface area contributed by atoms with Gasteiger partial charge in [-0.05, 0) is 21.9 Å². The second kappa shape index (κ2) is 11.6. The molecule has 0 saturated heterocycles. The largest absolute Gasteiger partial charge is 0.468 e. The minimum atomic E-state index is -0.868. The van der Waals surface area contributed by atoms with Gasteiger partial charge in [0.15, 0.2) is 11.2 Å². The molecule has 0 aliphatic heterocycles. The number of aromatic amines is 1. The summed E-state index contributed by atoms with van der Waals surface area (Å²) in [6.07, 6.45) is 0. The lowest BCUT2D eigenvalue weighted by molar-refractivity contribution is -0.141. The van der Waals surface area contributed by atoms with Gasteiger partial charge < -0.3 is 14.0 Å². The molecule has 0 aliphatic rings. The number of H-pyrrole nitrogens is 1. The highest BCUT2D eigenvalue weighted by molar-refractivity contribution is 5.80. The van der Waals surface area contributed by atoms with E-state index in [1.165, 1.54) is 7.11 Å². The molecule has 0 unspecified atom stereocenters. The van der Waals surface area contributed by atoms with Crippen molar-refractivity contribution < 1.29 is 19.1 Å². The van der Waals surface area contributed by atoms with Crippen LogP contribution in [-0.2, 0) is 38.7 Å². The van der Waals surface area contributed by atoms with E-state index in [2.05, 4.69) is 25.6 Å². The number of fused-ring (bicyclic) bond motifs is 1. The fraction of sp³-hybridized carbons (Fsp3) is 0.286. The number of carbonyl (C=O) groups excluding carboxylic acids is 2. The number of rotatable bonds is 9. The van der Waals surface area contributed by atoms with Crippen molar-refractivity contribution in [2.45, 2.75) is 39.4 Å². The van der Waals surface area contributed by atoms with Crippen LogP contribution < -0.4 is 11.2 Å². The summed E-state index contributed by atoms with van der Waals surface area (Å²) < 4.78 is 13.0. The SMILES string of the molecule is COC(=O)Cn1c(=O)c2c(nc(C(C)C)n2Cc2ccc(-c3ccccc3-c3nn[nH]n3)cc2)n(CC(=O)OC)c1=O. The number of nitrogens with one attached hydrogen (secondary N) is 1. The third kappa shape index (κ3) is 5.21. The Morgan fingerprint density at radius 1 is 0.881 bits per heavy atom. The summed E-state index contributed by atoms with van der Waals surface area (Å²) in [6, 6.07) is 15.4. The molecule has 42 heavy (non-hydrogen) atoms. The summed E-state index contributed by atoms with van der Waals surface area (Å²) in [4.78, 5) is 55.9. The quantitative estimate of drug-likeness (QED) is 0.257. The van der Waals surface area contributed by atoms with E-state index in [0.29, 0.717) is 11.6 Å². The van der Waals surface area contributed by atoms with Crippen LogP contribution in [0.5, 0.6) is 0 Å². The number of carbonyl (C=O) groups is 2. The molecule has 216 valence electrons. The summed E-state index contributed by atoms with van der Waals surface area (Å²) in [6.45, 7) is 2.94. The molecule has 14 nitrogen and oxygen atoms in total. The standard InChI is InChI=1S/C28H28N8O6/c1-16(2)25-29-26-23(27(39)36(15-22(38)42-4)28(40)35(26)14-21(37)41-3)34(25)13-17-9-11-18(12-10-17)19-7-5-6-8-20(19)24-30-32-33-31-24/h5-12,16H,13-15H2,1-4H3,(H,30,31,32,33). The number of benzene rings is 2. The predicted molar refractivity (Wildman–Crippen MR) is 151 cm³/mol. The summed E-state index contributed by atoms with van der Waals surface area (Å²) >= 11 is 0. The van der Waals surface area contributed by atoms with E-state index in [-0.39, 0.29) is 23.6 Å². The zero-order chi connectivity index (χ0) is 30.0. The maximum atomic E-state index is 13.7. The van der Waals surface area contributed by atoms with E-state index in [4.69, 9.17) is 9.47 Å². The monoisotopic (exact) mass is 572 g/mol. The third-order valence-electron chi connectivity index (χ3n) is 6.81. The molecule has 3 aromatic heterocycles. The number of tetrazole rings is 1. The Bertz CT molecular complexity index is 1880. The minimum Gasteiger partial charge on any atom is -0.468 e. The Morgan fingerprint density at radius 2 is 1.52 bits per heavy atom. The van der Waals surface area contributed by atoms with E-state index in [9.17, 15) is 19.2 Å². The molecular formula is C28H28N8O6. The van der Waals surface area contributed by atoms with Crippen molar-refractivity contribution >= 4 is 23.1 Å². The second-order valence-electron chi connectivity index (χ2n) is 9.77. The van der Waals surface area contributed by atoms with Crippen LogP contribution in [0, 0.1) is 0 Å². The summed E-state index contributed by atoms with van der Waals surface area (Å²) in [5, 5.41) is 14.3. The van der Waals surface area contributed by atoms with Gasteiger partial charge in [-0.15, -0.1) is 10.2 Å². The van der Waals surface area contributed by atoms with Gasteiger partial charge in [0, 0.05) is 18.0 Å². The minimum absolute atomic E-state index is 0.0332. The van der Waals surface area contributed by atoms with E-state index in [0.717, 1.165) is 38.5 Å². The van der Waals surface area contributed by atoms with Crippen molar-refractivity contribution in [2.24, 2.45) is 0 Å². The third-order valence-corrected chi connectivity index (χ3v) is 6.81. The topological polar surface area (TPSA) is 169 Å². The van der Waals surface area contributed by atoms with Crippen molar-refractivity contribution in [3.63, 3.8) is 0 Å². The average Bonchev–Trinajstić information content (AvgIpc) is 3.67. The highest BCUT2D eigenvalue weighted by Gasteiger charge is 2.25. The molecule has 14 heteroatoms. The van der Waals surface area contributed by atoms with E-state index < -0.39 is 36.3 Å². The van der Waals surface area contributed by atoms with Crippen molar-refractivity contribution in [3.8, 4) is 22.5 Å². The van der Waals surface area contributed by atoms with Gasteiger partial charge in [0.05, 0.1) is 14.2 Å². The lowest BCUT2D eigenvalue weighted by Gasteiger charge is -2.14. The van der Waals surface area contributed by atoms with Crippen LogP contribution in [-0.4, -0.2) is 65.5 Å². The fourth-order valence-electron chi connectivity index (χ4n) is 4.76. The molecule has 0 saturated carbocycles. The molecule has 1 N–H and O–H groups in total. The molecule has 5 aromatic rings. The maximum Gasteiger partial charge on any atom is 0.333 e. The first-order valence-corrected chi connectivity index (χ1v) is 13.0. The van der Waals surface area contributed by atoms with Gasteiger partial charge >= 0.3 is 17.6 Å². The lowest BCUT2D eigenvalue weighted by atomic mass is 9.98. The first-order valence-electron chi connectivity index (χ1n) is 13.0. The van der Waals surface area contributed by atoms with Crippen molar-refractivity contribution in [2.75, 3.05) is 14.2 Å². The molecule has 0 spiro atoms. The van der Waals surface area contributed by atoms with Crippen molar-refractivity contribution in [1.29, 1.82) is 0 Å². The first kappa shape index (κ1) is 28.1. The molecule has 3 heterocycles. The zero-order valence-corrected chi connectivity index (χ0v) is 23.4. The number of hydrogen-bond acceptors (Lipinski definition) is 10. The number of hydrogen-bond donors (Lipinski definition) is 1. The molecule has 0 fully saturated rings. The van der Waals surface area contributed by atoms with E-state index >= 15 is 0 Å². The maximum absolute atomic E-state index is 13.7.